The topological polar surface area (TPSA) is 112 Å². The smallest absolute Gasteiger partial charge is 0.306 e. The number of carbonyl (C=O) groups is 3. The Bertz CT molecular complexity index is 1270. The van der Waals surface area contributed by atoms with Crippen LogP contribution in [0.4, 0.5) is 11.4 Å². The normalized spacial score (nSPS) is 10.3. The molecule has 2 N–H and O–H groups in total. The zero-order valence-corrected chi connectivity index (χ0v) is 21.5. The number of hydrogen-bond donors (Lipinski definition) is 2. The molecule has 0 saturated carbocycles. The number of anilines is 2. The van der Waals surface area contributed by atoms with Crippen molar-refractivity contribution in [1.82, 2.24) is 0 Å². The van der Waals surface area contributed by atoms with Gasteiger partial charge < -0.3 is 29.6 Å². The lowest BCUT2D eigenvalue weighted by Gasteiger charge is -2.12. The second-order valence-corrected chi connectivity index (χ2v) is 8.37. The van der Waals surface area contributed by atoms with Crippen molar-refractivity contribution in [3.63, 3.8) is 0 Å². The Kier molecular flexibility index (Phi) is 10.00. The summed E-state index contributed by atoms with van der Waals surface area (Å²) in [5.41, 5.74) is 0.884. The van der Waals surface area contributed by atoms with Gasteiger partial charge in [0.25, 0.3) is 5.91 Å². The first-order chi connectivity index (χ1) is 17.8. The number of rotatable bonds is 11. The molecule has 3 rings (SSSR count). The molecule has 0 radical (unpaired) electrons. The molecule has 0 aliphatic heterocycles. The standard InChI is InChI=1S/C26H24Cl2N2O7/c1-34-19-8-10-23(35-2)21(14-19)30-25(32)15-36-26(33)12-11-24(31)29-17-4-6-18(7-5-17)37-22-9-3-16(27)13-20(22)28/h3-10,13-14H,11-12,15H2,1-2H3,(H,29,31)(H,30,32). The van der Waals surface area contributed by atoms with Crippen molar-refractivity contribution in [2.45, 2.75) is 12.8 Å². The fraction of sp³-hybridized carbons (Fsp3) is 0.192. The van der Waals surface area contributed by atoms with Gasteiger partial charge >= 0.3 is 5.97 Å². The molecular formula is C26H24Cl2N2O7. The van der Waals surface area contributed by atoms with E-state index in [2.05, 4.69) is 10.6 Å². The summed E-state index contributed by atoms with van der Waals surface area (Å²) in [5, 5.41) is 6.13. The first kappa shape index (κ1) is 27.6. The third-order valence-corrected chi connectivity index (χ3v) is 5.39. The minimum Gasteiger partial charge on any atom is -0.497 e. The summed E-state index contributed by atoms with van der Waals surface area (Å²) in [4.78, 5) is 36.3. The van der Waals surface area contributed by atoms with Crippen LogP contribution < -0.4 is 24.8 Å². The van der Waals surface area contributed by atoms with Crippen LogP contribution in [0.5, 0.6) is 23.0 Å². The van der Waals surface area contributed by atoms with Crippen LogP contribution in [0.25, 0.3) is 0 Å². The summed E-state index contributed by atoms with van der Waals surface area (Å²) < 4.78 is 21.0. The van der Waals surface area contributed by atoms with E-state index in [1.54, 1.807) is 60.7 Å². The molecule has 3 aromatic carbocycles. The lowest BCUT2D eigenvalue weighted by Crippen LogP contribution is -2.22. The lowest BCUT2D eigenvalue weighted by molar-refractivity contribution is -0.147. The van der Waals surface area contributed by atoms with E-state index in [0.29, 0.717) is 44.4 Å². The molecule has 0 aromatic heterocycles. The SMILES string of the molecule is COc1ccc(OC)c(NC(=O)COC(=O)CCC(=O)Nc2ccc(Oc3ccc(Cl)cc3Cl)cc2)c1. The molecule has 0 saturated heterocycles. The third kappa shape index (κ3) is 8.59. The molecule has 3 aromatic rings. The molecule has 0 aliphatic rings. The predicted octanol–water partition coefficient (Wildman–Crippen LogP) is 5.70. The number of carbonyl (C=O) groups excluding carboxylic acids is 3. The van der Waals surface area contributed by atoms with E-state index < -0.39 is 24.4 Å². The number of nitrogens with one attached hydrogen (secondary N) is 2. The maximum Gasteiger partial charge on any atom is 0.306 e. The van der Waals surface area contributed by atoms with Gasteiger partial charge in [0.2, 0.25) is 5.91 Å². The van der Waals surface area contributed by atoms with Gasteiger partial charge in [0.1, 0.15) is 23.0 Å². The number of hydrogen-bond acceptors (Lipinski definition) is 7. The van der Waals surface area contributed by atoms with E-state index in [1.807, 2.05) is 0 Å². The molecule has 0 spiro atoms. The summed E-state index contributed by atoms with van der Waals surface area (Å²) in [6, 6.07) is 16.4. The van der Waals surface area contributed by atoms with Gasteiger partial charge in [-0.3, -0.25) is 14.4 Å². The highest BCUT2D eigenvalue weighted by Crippen LogP contribution is 2.32. The predicted molar refractivity (Wildman–Crippen MR) is 140 cm³/mol. The first-order valence-corrected chi connectivity index (χ1v) is 11.7. The van der Waals surface area contributed by atoms with Crippen LogP contribution in [-0.2, 0) is 19.1 Å². The van der Waals surface area contributed by atoms with Crippen molar-refractivity contribution in [1.29, 1.82) is 0 Å². The molecule has 2 amide bonds. The summed E-state index contributed by atoms with van der Waals surface area (Å²) >= 11 is 12.0. The average Bonchev–Trinajstić information content (AvgIpc) is 2.89. The van der Waals surface area contributed by atoms with Crippen molar-refractivity contribution in [2.24, 2.45) is 0 Å². The van der Waals surface area contributed by atoms with Crippen LogP contribution in [0.2, 0.25) is 10.0 Å². The zero-order chi connectivity index (χ0) is 26.8. The van der Waals surface area contributed by atoms with Crippen molar-refractivity contribution in [3.05, 3.63) is 70.7 Å². The largest absolute Gasteiger partial charge is 0.497 e. The van der Waals surface area contributed by atoms with Gasteiger partial charge in [-0.15, -0.1) is 0 Å². The molecule has 194 valence electrons. The average molecular weight is 547 g/mol. The highest BCUT2D eigenvalue weighted by molar-refractivity contribution is 6.35. The lowest BCUT2D eigenvalue weighted by atomic mass is 10.2. The summed E-state index contributed by atoms with van der Waals surface area (Å²) in [7, 11) is 2.95. The van der Waals surface area contributed by atoms with Gasteiger partial charge in [-0.05, 0) is 54.6 Å². The fourth-order valence-electron chi connectivity index (χ4n) is 3.05. The number of amides is 2. The Hall–Kier alpha value is -3.95. The van der Waals surface area contributed by atoms with E-state index in [9.17, 15) is 14.4 Å². The van der Waals surface area contributed by atoms with Crippen LogP contribution in [0.1, 0.15) is 12.8 Å². The van der Waals surface area contributed by atoms with Gasteiger partial charge in [0, 0.05) is 23.2 Å². The Labute approximate surface area is 223 Å². The number of methoxy groups -OCH3 is 2. The van der Waals surface area contributed by atoms with Gasteiger partial charge in [-0.2, -0.15) is 0 Å². The molecular weight excluding hydrogens is 523 g/mol. The molecule has 11 heteroatoms. The monoisotopic (exact) mass is 546 g/mol. The van der Waals surface area contributed by atoms with E-state index >= 15 is 0 Å². The van der Waals surface area contributed by atoms with Gasteiger partial charge in [-0.25, -0.2) is 0 Å². The van der Waals surface area contributed by atoms with Crippen LogP contribution in [-0.4, -0.2) is 38.6 Å². The fourth-order valence-corrected chi connectivity index (χ4v) is 3.49. The second-order valence-electron chi connectivity index (χ2n) is 7.52. The van der Waals surface area contributed by atoms with Gasteiger partial charge in [0.05, 0.1) is 31.4 Å². The Morgan fingerprint density at radius 3 is 2.14 bits per heavy atom. The summed E-state index contributed by atoms with van der Waals surface area (Å²) in [6.45, 7) is -0.514. The van der Waals surface area contributed by atoms with Crippen LogP contribution in [0, 0.1) is 0 Å². The van der Waals surface area contributed by atoms with Crippen LogP contribution >= 0.6 is 23.2 Å². The van der Waals surface area contributed by atoms with E-state index in [0.717, 1.165) is 0 Å². The number of esters is 1. The molecule has 9 nitrogen and oxygen atoms in total. The van der Waals surface area contributed by atoms with Crippen LogP contribution in [0.3, 0.4) is 0 Å². The van der Waals surface area contributed by atoms with Gasteiger partial charge in [-0.1, -0.05) is 23.2 Å². The van der Waals surface area contributed by atoms with Crippen molar-refractivity contribution >= 4 is 52.4 Å². The Morgan fingerprint density at radius 2 is 1.46 bits per heavy atom. The minimum absolute atomic E-state index is 0.122. The van der Waals surface area contributed by atoms with Crippen molar-refractivity contribution < 1.29 is 33.3 Å². The highest BCUT2D eigenvalue weighted by Gasteiger charge is 2.13. The Balaban J connectivity index is 1.40. The molecule has 0 aliphatic carbocycles. The zero-order valence-electron chi connectivity index (χ0n) is 20.0. The maximum atomic E-state index is 12.2. The molecule has 0 bridgehead atoms. The van der Waals surface area contributed by atoms with E-state index in [-0.39, 0.29) is 12.8 Å². The third-order valence-electron chi connectivity index (χ3n) is 4.86. The molecule has 0 fully saturated rings. The molecule has 0 unspecified atom stereocenters. The maximum absolute atomic E-state index is 12.2. The number of benzene rings is 3. The quantitative estimate of drug-likeness (QED) is 0.296. The number of halogens is 2. The molecule has 37 heavy (non-hydrogen) atoms. The van der Waals surface area contributed by atoms with E-state index in [1.165, 1.54) is 14.2 Å². The first-order valence-electron chi connectivity index (χ1n) is 11.0. The molecule has 0 heterocycles. The van der Waals surface area contributed by atoms with Crippen LogP contribution in [0.15, 0.2) is 60.7 Å². The minimum atomic E-state index is -0.688. The van der Waals surface area contributed by atoms with Crippen molar-refractivity contribution in [2.75, 3.05) is 31.5 Å². The Morgan fingerprint density at radius 1 is 0.757 bits per heavy atom. The summed E-state index contributed by atoms with van der Waals surface area (Å²) in [5.74, 6) is 0.251. The number of ether oxygens (including phenoxy) is 4. The second kappa shape index (κ2) is 13.4. The molecule has 0 atom stereocenters. The summed E-state index contributed by atoms with van der Waals surface area (Å²) in [6.07, 6.45) is -0.319. The van der Waals surface area contributed by atoms with E-state index in [4.69, 9.17) is 42.1 Å². The van der Waals surface area contributed by atoms with Gasteiger partial charge in [0.15, 0.2) is 6.61 Å². The van der Waals surface area contributed by atoms with Crippen molar-refractivity contribution in [3.8, 4) is 23.0 Å². The highest BCUT2D eigenvalue weighted by atomic mass is 35.5.